The zero-order chi connectivity index (χ0) is 18.0. The molecule has 2 aromatic rings. The second-order valence-electron chi connectivity index (χ2n) is 4.40. The summed E-state index contributed by atoms with van der Waals surface area (Å²) in [5.74, 6) is -0.455. The summed E-state index contributed by atoms with van der Waals surface area (Å²) in [7, 11) is 0. The van der Waals surface area contributed by atoms with Crippen LogP contribution < -0.4 is 11.3 Å². The Kier molecular flexibility index (Phi) is 3.94. The number of hydrogen-bond donors (Lipinski definition) is 2. The highest BCUT2D eigenvalue weighted by Crippen LogP contribution is 2.41. The lowest BCUT2D eigenvalue weighted by molar-refractivity contribution is -0.392. The van der Waals surface area contributed by atoms with Crippen LogP contribution in [0.2, 0.25) is 0 Å². The number of nitro groups is 2. The first-order valence-corrected chi connectivity index (χ1v) is 6.11. The van der Waals surface area contributed by atoms with Crippen LogP contribution >= 0.6 is 0 Å². The van der Waals surface area contributed by atoms with Crippen LogP contribution in [0.3, 0.4) is 0 Å². The van der Waals surface area contributed by atoms with Gasteiger partial charge in [0.1, 0.15) is 34.6 Å². The summed E-state index contributed by atoms with van der Waals surface area (Å²) >= 11 is 0. The molecule has 0 bridgehead atoms. The average molecular weight is 326 g/mol. The maximum atomic E-state index is 11.9. The molecule has 0 aliphatic rings. The predicted octanol–water partition coefficient (Wildman–Crippen LogP) is 1.18. The Labute approximate surface area is 132 Å². The van der Waals surface area contributed by atoms with E-state index < -0.39 is 54.9 Å². The van der Waals surface area contributed by atoms with Gasteiger partial charge in [0, 0.05) is 17.7 Å². The van der Waals surface area contributed by atoms with E-state index in [1.807, 2.05) is 0 Å². The Bertz CT molecular complexity index is 995. The molecular weight excluding hydrogens is 320 g/mol. The molecule has 0 fully saturated rings. The van der Waals surface area contributed by atoms with Crippen molar-refractivity contribution in [1.82, 2.24) is 4.98 Å². The van der Waals surface area contributed by atoms with Crippen molar-refractivity contribution in [2.24, 2.45) is 0 Å². The minimum absolute atomic E-state index is 0.455. The fourth-order valence-corrected chi connectivity index (χ4v) is 2.18. The number of anilines is 1. The van der Waals surface area contributed by atoms with E-state index in [9.17, 15) is 35.5 Å². The molecule has 3 N–H and O–H groups in total. The minimum Gasteiger partial charge on any atom is -0.384 e. The molecule has 0 atom stereocenters. The molecule has 0 unspecified atom stereocenters. The van der Waals surface area contributed by atoms with Gasteiger partial charge >= 0.3 is 0 Å². The lowest BCUT2D eigenvalue weighted by Gasteiger charge is -2.09. The molecule has 0 radical (unpaired) electrons. The van der Waals surface area contributed by atoms with Crippen LogP contribution in [0.1, 0.15) is 11.1 Å². The number of aromatic nitrogens is 1. The molecule has 1 aromatic carbocycles. The number of H-pyrrole nitrogens is 1. The lowest BCUT2D eigenvalue weighted by atomic mass is 9.94. The van der Waals surface area contributed by atoms with E-state index >= 15 is 0 Å². The Morgan fingerprint density at radius 2 is 1.50 bits per heavy atom. The van der Waals surface area contributed by atoms with Crippen LogP contribution in [0.4, 0.5) is 17.2 Å². The van der Waals surface area contributed by atoms with Crippen molar-refractivity contribution in [3.63, 3.8) is 0 Å². The SMILES string of the molecule is N#Cc1c(N)[nH]c(=O)c(C#N)c1-c1c([N+](=O)[O-])cccc1[N+](=O)[O-]. The van der Waals surface area contributed by atoms with Gasteiger partial charge in [0.2, 0.25) is 0 Å². The second kappa shape index (κ2) is 5.86. The van der Waals surface area contributed by atoms with Crippen LogP contribution in [0.15, 0.2) is 23.0 Å². The number of nitrogens with zero attached hydrogens (tertiary/aromatic N) is 4. The highest BCUT2D eigenvalue weighted by molar-refractivity contribution is 5.90. The number of nitrogens with two attached hydrogens (primary N) is 1. The molecule has 2 rings (SSSR count). The van der Waals surface area contributed by atoms with Crippen molar-refractivity contribution in [3.8, 4) is 23.3 Å². The molecule has 118 valence electrons. The van der Waals surface area contributed by atoms with E-state index in [0.717, 1.165) is 18.2 Å². The van der Waals surface area contributed by atoms with Crippen LogP contribution in [0.25, 0.3) is 11.1 Å². The fourth-order valence-electron chi connectivity index (χ4n) is 2.18. The van der Waals surface area contributed by atoms with Crippen molar-refractivity contribution in [1.29, 1.82) is 10.5 Å². The molecule has 1 aromatic heterocycles. The molecule has 0 saturated carbocycles. The number of nitro benzene ring substituents is 2. The topological polar surface area (TPSA) is 193 Å². The van der Waals surface area contributed by atoms with Gasteiger partial charge in [0.05, 0.1) is 9.85 Å². The van der Waals surface area contributed by atoms with E-state index in [4.69, 9.17) is 5.73 Å². The molecule has 0 aliphatic carbocycles. The third-order valence-electron chi connectivity index (χ3n) is 3.13. The molecule has 24 heavy (non-hydrogen) atoms. The third kappa shape index (κ3) is 2.38. The van der Waals surface area contributed by atoms with Crippen molar-refractivity contribution in [2.45, 2.75) is 0 Å². The maximum absolute atomic E-state index is 11.9. The molecule has 0 amide bonds. The van der Waals surface area contributed by atoms with Crippen LogP contribution in [0.5, 0.6) is 0 Å². The van der Waals surface area contributed by atoms with Gasteiger partial charge in [-0.05, 0) is 6.07 Å². The highest BCUT2D eigenvalue weighted by atomic mass is 16.6. The number of nitrogen functional groups attached to an aromatic ring is 1. The molecule has 1 heterocycles. The van der Waals surface area contributed by atoms with E-state index in [2.05, 4.69) is 4.98 Å². The Hall–Kier alpha value is -4.25. The number of hydrogen-bond acceptors (Lipinski definition) is 8. The third-order valence-corrected chi connectivity index (χ3v) is 3.13. The second-order valence-corrected chi connectivity index (χ2v) is 4.40. The molecule has 0 aliphatic heterocycles. The normalized spacial score (nSPS) is 9.75. The van der Waals surface area contributed by atoms with Crippen molar-refractivity contribution >= 4 is 17.2 Å². The summed E-state index contributed by atoms with van der Waals surface area (Å²) in [6.07, 6.45) is 0. The van der Waals surface area contributed by atoms with Gasteiger partial charge in [-0.1, -0.05) is 0 Å². The standard InChI is InChI=1S/C13H6N6O5/c14-4-6-10(7(5-15)13(20)17-12(6)16)11-8(18(21)22)2-1-3-9(11)19(23)24/h1-3H,(H3,16,17,20). The van der Waals surface area contributed by atoms with Crippen molar-refractivity contribution < 1.29 is 9.85 Å². The summed E-state index contributed by atoms with van der Waals surface area (Å²) < 4.78 is 0. The number of pyridine rings is 1. The van der Waals surface area contributed by atoms with Gasteiger partial charge in [-0.3, -0.25) is 25.0 Å². The van der Waals surface area contributed by atoms with Crippen LogP contribution in [-0.2, 0) is 0 Å². The predicted molar refractivity (Wildman–Crippen MR) is 79.6 cm³/mol. The average Bonchev–Trinajstić information content (AvgIpc) is 2.53. The molecular formula is C13H6N6O5. The molecule has 11 heteroatoms. The summed E-state index contributed by atoms with van der Waals surface area (Å²) in [4.78, 5) is 34.6. The quantitative estimate of drug-likeness (QED) is 0.619. The van der Waals surface area contributed by atoms with E-state index in [0.29, 0.717) is 0 Å². The smallest absolute Gasteiger partial charge is 0.284 e. The van der Waals surface area contributed by atoms with Crippen molar-refractivity contribution in [2.75, 3.05) is 5.73 Å². The first-order chi connectivity index (χ1) is 11.3. The summed E-state index contributed by atoms with van der Waals surface area (Å²) in [6.45, 7) is 0. The zero-order valence-corrected chi connectivity index (χ0v) is 11.6. The Morgan fingerprint density at radius 3 is 1.92 bits per heavy atom. The molecule has 11 nitrogen and oxygen atoms in total. The number of nitriles is 2. The molecule has 0 spiro atoms. The van der Waals surface area contributed by atoms with E-state index in [1.165, 1.54) is 6.07 Å². The molecule has 0 saturated heterocycles. The summed E-state index contributed by atoms with van der Waals surface area (Å²) in [5.41, 5.74) is 0.714. The zero-order valence-electron chi connectivity index (χ0n) is 11.6. The Balaban J connectivity index is 3.17. The van der Waals surface area contributed by atoms with E-state index in [1.54, 1.807) is 6.07 Å². The fraction of sp³-hybridized carbons (Fsp3) is 0. The van der Waals surface area contributed by atoms with E-state index in [-0.39, 0.29) is 0 Å². The highest BCUT2D eigenvalue weighted by Gasteiger charge is 2.32. The van der Waals surface area contributed by atoms with Crippen molar-refractivity contribution in [3.05, 3.63) is 59.9 Å². The first kappa shape index (κ1) is 16.1. The summed E-state index contributed by atoms with van der Waals surface area (Å²) in [5, 5.41) is 40.9. The monoisotopic (exact) mass is 326 g/mol. The first-order valence-electron chi connectivity index (χ1n) is 6.11. The summed E-state index contributed by atoms with van der Waals surface area (Å²) in [6, 6.07) is 6.10. The maximum Gasteiger partial charge on any atom is 0.284 e. The van der Waals surface area contributed by atoms with Gasteiger partial charge in [-0.25, -0.2) is 0 Å². The largest absolute Gasteiger partial charge is 0.384 e. The number of nitrogens with one attached hydrogen (secondary N) is 1. The van der Waals surface area contributed by atoms with Gasteiger partial charge in [-0.2, -0.15) is 10.5 Å². The van der Waals surface area contributed by atoms with Gasteiger partial charge < -0.3 is 10.7 Å². The van der Waals surface area contributed by atoms with Crippen LogP contribution in [0, 0.1) is 42.9 Å². The Morgan fingerprint density at radius 1 is 1.00 bits per heavy atom. The van der Waals surface area contributed by atoms with Crippen LogP contribution in [-0.4, -0.2) is 14.8 Å². The minimum atomic E-state index is -1.02. The number of rotatable bonds is 3. The number of aromatic amines is 1. The van der Waals surface area contributed by atoms with Gasteiger partial charge in [0.25, 0.3) is 16.9 Å². The van der Waals surface area contributed by atoms with Gasteiger partial charge in [0.15, 0.2) is 0 Å². The number of benzene rings is 1. The lowest BCUT2D eigenvalue weighted by Crippen LogP contribution is -2.17. The van der Waals surface area contributed by atoms with Gasteiger partial charge in [-0.15, -0.1) is 0 Å².